The number of carbonyl (C=O) groups excluding carboxylic acids is 1. The molecular weight excluding hydrogens is 387 g/mol. The molecule has 0 saturated carbocycles. The van der Waals surface area contributed by atoms with E-state index >= 15 is 0 Å². The Morgan fingerprint density at radius 3 is 2.58 bits per heavy atom. The van der Waals surface area contributed by atoms with Crippen LogP contribution in [0.5, 0.6) is 0 Å². The van der Waals surface area contributed by atoms with Crippen molar-refractivity contribution in [1.82, 2.24) is 0 Å². The molecular formula is C13H7ClF2INO. The van der Waals surface area contributed by atoms with Crippen LogP contribution in [0, 0.1) is 15.2 Å². The third-order valence-electron chi connectivity index (χ3n) is 2.35. The van der Waals surface area contributed by atoms with Gasteiger partial charge in [-0.15, -0.1) is 0 Å². The Labute approximate surface area is 126 Å². The predicted octanol–water partition coefficient (Wildman–Crippen LogP) is 4.48. The van der Waals surface area contributed by atoms with Crippen molar-refractivity contribution < 1.29 is 13.6 Å². The van der Waals surface area contributed by atoms with E-state index in [-0.39, 0.29) is 10.6 Å². The molecule has 2 aromatic rings. The summed E-state index contributed by atoms with van der Waals surface area (Å²) in [6.45, 7) is 0. The van der Waals surface area contributed by atoms with Crippen LogP contribution >= 0.6 is 34.2 Å². The number of halogens is 4. The third kappa shape index (κ3) is 3.42. The van der Waals surface area contributed by atoms with Gasteiger partial charge in [-0.1, -0.05) is 11.6 Å². The molecule has 19 heavy (non-hydrogen) atoms. The van der Waals surface area contributed by atoms with Crippen LogP contribution in [0.3, 0.4) is 0 Å². The van der Waals surface area contributed by atoms with Crippen molar-refractivity contribution in [2.24, 2.45) is 0 Å². The number of hydrogen-bond donors (Lipinski definition) is 1. The van der Waals surface area contributed by atoms with Crippen molar-refractivity contribution in [3.63, 3.8) is 0 Å². The highest BCUT2D eigenvalue weighted by atomic mass is 127. The van der Waals surface area contributed by atoms with E-state index in [2.05, 4.69) is 5.32 Å². The number of nitrogens with one attached hydrogen (secondary N) is 1. The summed E-state index contributed by atoms with van der Waals surface area (Å²) < 4.78 is 27.0. The summed E-state index contributed by atoms with van der Waals surface area (Å²) in [7, 11) is 0. The zero-order valence-electron chi connectivity index (χ0n) is 9.38. The predicted molar refractivity (Wildman–Crippen MR) is 78.5 cm³/mol. The van der Waals surface area contributed by atoms with Gasteiger partial charge in [0.25, 0.3) is 5.91 Å². The second kappa shape index (κ2) is 5.83. The van der Waals surface area contributed by atoms with E-state index in [1.165, 1.54) is 30.3 Å². The van der Waals surface area contributed by atoms with Crippen LogP contribution in [0.25, 0.3) is 0 Å². The first-order chi connectivity index (χ1) is 8.97. The summed E-state index contributed by atoms with van der Waals surface area (Å²) in [5.74, 6) is -1.71. The number of carbonyl (C=O) groups is 1. The summed E-state index contributed by atoms with van der Waals surface area (Å²) in [5.41, 5.74) is 0.249. The van der Waals surface area contributed by atoms with Crippen LogP contribution in [-0.4, -0.2) is 5.91 Å². The van der Waals surface area contributed by atoms with Crippen LogP contribution in [0.4, 0.5) is 14.5 Å². The first-order valence-corrected chi connectivity index (χ1v) is 6.64. The minimum Gasteiger partial charge on any atom is -0.321 e. The van der Waals surface area contributed by atoms with Crippen LogP contribution in [-0.2, 0) is 0 Å². The van der Waals surface area contributed by atoms with Gasteiger partial charge in [-0.3, -0.25) is 4.79 Å². The van der Waals surface area contributed by atoms with E-state index in [1.54, 1.807) is 0 Å². The molecule has 0 radical (unpaired) electrons. The normalized spacial score (nSPS) is 10.3. The molecule has 0 aliphatic rings. The SMILES string of the molecule is O=C(Nc1ccc(F)cc1I)c1cc(Cl)ccc1F. The van der Waals surface area contributed by atoms with E-state index in [0.29, 0.717) is 9.26 Å². The lowest BCUT2D eigenvalue weighted by Gasteiger charge is -2.08. The number of benzene rings is 2. The maximum atomic E-state index is 13.5. The molecule has 2 aromatic carbocycles. The summed E-state index contributed by atoms with van der Waals surface area (Å²) in [4.78, 5) is 11.9. The molecule has 0 spiro atoms. The van der Waals surface area contributed by atoms with E-state index in [0.717, 1.165) is 6.07 Å². The van der Waals surface area contributed by atoms with Crippen molar-refractivity contribution >= 4 is 45.8 Å². The number of amides is 1. The molecule has 6 heteroatoms. The lowest BCUT2D eigenvalue weighted by Crippen LogP contribution is -2.14. The third-order valence-corrected chi connectivity index (χ3v) is 3.48. The van der Waals surface area contributed by atoms with Gasteiger partial charge in [0.05, 0.1) is 11.3 Å². The standard InChI is InChI=1S/C13H7ClF2INO/c14-7-1-3-10(16)9(5-7)13(19)18-12-4-2-8(15)6-11(12)17/h1-6H,(H,18,19). The van der Waals surface area contributed by atoms with Gasteiger partial charge in [0.1, 0.15) is 11.6 Å². The monoisotopic (exact) mass is 393 g/mol. The van der Waals surface area contributed by atoms with Crippen molar-refractivity contribution in [1.29, 1.82) is 0 Å². The maximum Gasteiger partial charge on any atom is 0.258 e. The summed E-state index contributed by atoms with van der Waals surface area (Å²) in [6.07, 6.45) is 0. The second-order valence-corrected chi connectivity index (χ2v) is 5.30. The molecule has 0 atom stereocenters. The minimum atomic E-state index is -0.668. The molecule has 1 N–H and O–H groups in total. The molecule has 0 heterocycles. The van der Waals surface area contributed by atoms with E-state index in [1.807, 2.05) is 22.6 Å². The van der Waals surface area contributed by atoms with Crippen molar-refractivity contribution in [3.05, 3.63) is 62.2 Å². The minimum absolute atomic E-state index is 0.160. The Hall–Kier alpha value is -1.21. The molecule has 1 amide bonds. The van der Waals surface area contributed by atoms with Crippen molar-refractivity contribution in [2.75, 3.05) is 5.32 Å². The van der Waals surface area contributed by atoms with Gasteiger partial charge in [0.2, 0.25) is 0 Å². The Morgan fingerprint density at radius 1 is 1.16 bits per heavy atom. The van der Waals surface area contributed by atoms with Gasteiger partial charge < -0.3 is 5.32 Å². The number of anilines is 1. The summed E-state index contributed by atoms with van der Waals surface area (Å²) in [5, 5.41) is 2.77. The molecule has 98 valence electrons. The smallest absolute Gasteiger partial charge is 0.258 e. The quantitative estimate of drug-likeness (QED) is 0.749. The Kier molecular flexibility index (Phi) is 4.36. The Bertz CT molecular complexity index is 649. The van der Waals surface area contributed by atoms with E-state index in [9.17, 15) is 13.6 Å². The van der Waals surface area contributed by atoms with Gasteiger partial charge in [-0.05, 0) is 59.0 Å². The van der Waals surface area contributed by atoms with Crippen LogP contribution in [0.2, 0.25) is 5.02 Å². The average Bonchev–Trinajstić information content (AvgIpc) is 2.35. The summed E-state index contributed by atoms with van der Waals surface area (Å²) >= 11 is 7.60. The fourth-order valence-electron chi connectivity index (χ4n) is 1.45. The first kappa shape index (κ1) is 14.2. The first-order valence-electron chi connectivity index (χ1n) is 5.19. The van der Waals surface area contributed by atoms with Crippen LogP contribution in [0.1, 0.15) is 10.4 Å². The molecule has 0 fully saturated rings. The Morgan fingerprint density at radius 2 is 1.89 bits per heavy atom. The van der Waals surface area contributed by atoms with Gasteiger partial charge in [0.15, 0.2) is 0 Å². The molecule has 0 bridgehead atoms. The molecule has 0 saturated heterocycles. The molecule has 0 aliphatic carbocycles. The van der Waals surface area contributed by atoms with E-state index in [4.69, 9.17) is 11.6 Å². The van der Waals surface area contributed by atoms with Gasteiger partial charge in [-0.2, -0.15) is 0 Å². The molecule has 0 aliphatic heterocycles. The second-order valence-electron chi connectivity index (χ2n) is 3.70. The van der Waals surface area contributed by atoms with Gasteiger partial charge in [0, 0.05) is 8.59 Å². The summed E-state index contributed by atoms with van der Waals surface area (Å²) in [6, 6.07) is 7.61. The highest BCUT2D eigenvalue weighted by molar-refractivity contribution is 14.1. The zero-order chi connectivity index (χ0) is 14.0. The van der Waals surface area contributed by atoms with Crippen LogP contribution in [0.15, 0.2) is 36.4 Å². The fraction of sp³-hybridized carbons (Fsp3) is 0. The zero-order valence-corrected chi connectivity index (χ0v) is 12.3. The molecule has 0 unspecified atom stereocenters. The highest BCUT2D eigenvalue weighted by Crippen LogP contribution is 2.21. The topological polar surface area (TPSA) is 29.1 Å². The van der Waals surface area contributed by atoms with Crippen LogP contribution < -0.4 is 5.32 Å². The van der Waals surface area contributed by atoms with Gasteiger partial charge in [-0.25, -0.2) is 8.78 Å². The fourth-order valence-corrected chi connectivity index (χ4v) is 2.24. The molecule has 2 nitrogen and oxygen atoms in total. The molecule has 2 rings (SSSR count). The maximum absolute atomic E-state index is 13.5. The Balaban J connectivity index is 2.28. The van der Waals surface area contributed by atoms with Crippen molar-refractivity contribution in [3.8, 4) is 0 Å². The van der Waals surface area contributed by atoms with Crippen molar-refractivity contribution in [2.45, 2.75) is 0 Å². The molecule has 0 aromatic heterocycles. The number of rotatable bonds is 2. The highest BCUT2D eigenvalue weighted by Gasteiger charge is 2.13. The van der Waals surface area contributed by atoms with E-state index < -0.39 is 17.5 Å². The lowest BCUT2D eigenvalue weighted by atomic mass is 10.2. The average molecular weight is 394 g/mol. The lowest BCUT2D eigenvalue weighted by molar-refractivity contribution is 0.102. The number of hydrogen-bond acceptors (Lipinski definition) is 1. The van der Waals surface area contributed by atoms with Gasteiger partial charge >= 0.3 is 0 Å². The largest absolute Gasteiger partial charge is 0.321 e.